The molecule has 0 bridgehead atoms. The Labute approximate surface area is 225 Å². The molecule has 38 heavy (non-hydrogen) atoms. The molecule has 1 rings (SSSR count). The Morgan fingerprint density at radius 1 is 0.947 bits per heavy atom. The fourth-order valence-corrected chi connectivity index (χ4v) is 4.24. The van der Waals surface area contributed by atoms with E-state index in [0.717, 1.165) is 24.2 Å². The molecule has 11 nitrogen and oxygen atoms in total. The van der Waals surface area contributed by atoms with Gasteiger partial charge in [-0.3, -0.25) is 18.6 Å². The SMILES string of the molecule is CCCCCCCCCCCOc1ccccc1CCC(=O)OC[C@@H](O)COP(=O)(O)OC[C@H](N)C(=O)O. The fraction of sp³-hybridized carbons (Fsp3) is 0.692. The van der Waals surface area contributed by atoms with Crippen LogP contribution in [0.2, 0.25) is 0 Å². The lowest BCUT2D eigenvalue weighted by Crippen LogP contribution is -2.34. The number of esters is 1. The van der Waals surface area contributed by atoms with E-state index in [1.54, 1.807) is 0 Å². The summed E-state index contributed by atoms with van der Waals surface area (Å²) in [4.78, 5) is 32.2. The standard InChI is InChI=1S/C26H44NO10P/c1-2-3-4-5-6-7-8-9-12-17-34-24-14-11-10-13-21(24)15-16-25(29)35-18-22(28)19-36-38(32,33)37-20-23(27)26(30)31/h10-11,13-14,22-23,28H,2-9,12,15-20,27H2,1H3,(H,30,31)(H,32,33)/t22-,23+/m1/s1. The maximum Gasteiger partial charge on any atom is 0.472 e. The summed E-state index contributed by atoms with van der Waals surface area (Å²) in [6.07, 6.45) is 10.2. The molecule has 0 aromatic heterocycles. The third-order valence-electron chi connectivity index (χ3n) is 5.68. The lowest BCUT2D eigenvalue weighted by Gasteiger charge is -2.16. The highest BCUT2D eigenvalue weighted by atomic mass is 31.2. The van der Waals surface area contributed by atoms with Gasteiger partial charge in [0.2, 0.25) is 0 Å². The molecule has 0 aliphatic rings. The van der Waals surface area contributed by atoms with Crippen molar-refractivity contribution in [2.75, 3.05) is 26.4 Å². The summed E-state index contributed by atoms with van der Waals surface area (Å²) in [5, 5.41) is 18.5. The van der Waals surface area contributed by atoms with E-state index in [2.05, 4.69) is 16.0 Å². The summed E-state index contributed by atoms with van der Waals surface area (Å²) in [5.41, 5.74) is 6.05. The summed E-state index contributed by atoms with van der Waals surface area (Å²) < 4.78 is 31.6. The molecule has 1 unspecified atom stereocenters. The van der Waals surface area contributed by atoms with Gasteiger partial charge in [0.05, 0.1) is 19.8 Å². The number of carbonyl (C=O) groups excluding carboxylic acids is 1. The Bertz CT molecular complexity index is 853. The number of carboxylic acid groups (broad SMARTS) is 1. The van der Waals surface area contributed by atoms with Crippen molar-refractivity contribution >= 4 is 19.8 Å². The first kappa shape index (κ1) is 34.0. The van der Waals surface area contributed by atoms with E-state index in [1.165, 1.54) is 44.9 Å². The number of aliphatic carboxylic acids is 1. The van der Waals surface area contributed by atoms with Crippen molar-refractivity contribution in [2.24, 2.45) is 5.73 Å². The van der Waals surface area contributed by atoms with Crippen LogP contribution < -0.4 is 10.5 Å². The van der Waals surface area contributed by atoms with Crippen molar-refractivity contribution < 1.29 is 47.8 Å². The van der Waals surface area contributed by atoms with E-state index in [-0.39, 0.29) is 6.42 Å². The van der Waals surface area contributed by atoms with Gasteiger partial charge in [-0.05, 0) is 24.5 Å². The van der Waals surface area contributed by atoms with Crippen LogP contribution in [-0.4, -0.2) is 65.6 Å². The lowest BCUT2D eigenvalue weighted by atomic mass is 10.1. The second kappa shape index (κ2) is 20.0. The van der Waals surface area contributed by atoms with Gasteiger partial charge in [-0.1, -0.05) is 76.5 Å². The smallest absolute Gasteiger partial charge is 0.472 e. The van der Waals surface area contributed by atoms with Crippen LogP contribution in [0.1, 0.15) is 76.7 Å². The van der Waals surface area contributed by atoms with Gasteiger partial charge in [0.25, 0.3) is 0 Å². The molecule has 3 atom stereocenters. The van der Waals surface area contributed by atoms with Crippen LogP contribution >= 0.6 is 7.82 Å². The van der Waals surface area contributed by atoms with Crippen LogP contribution in [0.5, 0.6) is 5.75 Å². The molecule has 0 amide bonds. The van der Waals surface area contributed by atoms with Crippen LogP contribution in [-0.2, 0) is 34.4 Å². The lowest BCUT2D eigenvalue weighted by molar-refractivity contribution is -0.147. The van der Waals surface area contributed by atoms with E-state index in [0.29, 0.717) is 13.0 Å². The predicted octanol–water partition coefficient (Wildman–Crippen LogP) is 3.98. The maximum atomic E-state index is 12.1. The molecule has 0 fully saturated rings. The number of benzene rings is 1. The molecule has 0 saturated heterocycles. The molecule has 0 radical (unpaired) electrons. The summed E-state index contributed by atoms with van der Waals surface area (Å²) >= 11 is 0. The third kappa shape index (κ3) is 16.8. The quantitative estimate of drug-likeness (QED) is 0.0864. The number of phosphoric ester groups is 1. The van der Waals surface area contributed by atoms with Crippen molar-refractivity contribution in [1.29, 1.82) is 0 Å². The first-order valence-corrected chi connectivity index (χ1v) is 14.8. The molecule has 0 saturated carbocycles. The molecule has 0 aliphatic heterocycles. The van der Waals surface area contributed by atoms with E-state index < -0.39 is 51.7 Å². The summed E-state index contributed by atoms with van der Waals surface area (Å²) in [6.45, 7) is 0.964. The number of ether oxygens (including phenoxy) is 2. The number of nitrogens with two attached hydrogens (primary N) is 1. The number of para-hydroxylation sites is 1. The van der Waals surface area contributed by atoms with Gasteiger partial charge in [-0.2, -0.15) is 0 Å². The van der Waals surface area contributed by atoms with E-state index in [1.807, 2.05) is 24.3 Å². The van der Waals surface area contributed by atoms with Crippen LogP contribution in [0, 0.1) is 0 Å². The number of phosphoric acid groups is 1. The highest BCUT2D eigenvalue weighted by Crippen LogP contribution is 2.43. The van der Waals surface area contributed by atoms with Crippen molar-refractivity contribution in [1.82, 2.24) is 0 Å². The van der Waals surface area contributed by atoms with Crippen LogP contribution in [0.25, 0.3) is 0 Å². The number of aliphatic hydroxyl groups excluding tert-OH is 1. The number of carboxylic acids is 1. The van der Waals surface area contributed by atoms with E-state index in [9.17, 15) is 24.2 Å². The normalized spacial score (nSPS) is 14.4. The van der Waals surface area contributed by atoms with Crippen molar-refractivity contribution in [3.8, 4) is 5.75 Å². The zero-order valence-electron chi connectivity index (χ0n) is 22.3. The zero-order valence-corrected chi connectivity index (χ0v) is 23.2. The molecule has 1 aromatic rings. The molecule has 0 spiro atoms. The molecule has 0 aliphatic carbocycles. The number of aliphatic hydroxyl groups is 1. The highest BCUT2D eigenvalue weighted by molar-refractivity contribution is 7.47. The topological polar surface area (TPSA) is 175 Å². The molecular weight excluding hydrogens is 517 g/mol. The molecule has 12 heteroatoms. The Balaban J connectivity index is 2.25. The Morgan fingerprint density at radius 2 is 1.55 bits per heavy atom. The van der Waals surface area contributed by atoms with Crippen molar-refractivity contribution in [3.05, 3.63) is 29.8 Å². The first-order chi connectivity index (χ1) is 18.1. The number of hydrogen-bond acceptors (Lipinski definition) is 9. The summed E-state index contributed by atoms with van der Waals surface area (Å²) in [5.74, 6) is -1.24. The van der Waals surface area contributed by atoms with Gasteiger partial charge in [-0.15, -0.1) is 0 Å². The van der Waals surface area contributed by atoms with E-state index >= 15 is 0 Å². The molecule has 218 valence electrons. The molecule has 5 N–H and O–H groups in total. The number of unbranched alkanes of at least 4 members (excludes halogenated alkanes) is 8. The van der Waals surface area contributed by atoms with Gasteiger partial charge in [-0.25, -0.2) is 4.57 Å². The summed E-state index contributed by atoms with van der Waals surface area (Å²) in [6, 6.07) is 5.99. The van der Waals surface area contributed by atoms with Crippen LogP contribution in [0.4, 0.5) is 0 Å². The minimum Gasteiger partial charge on any atom is -0.493 e. The minimum absolute atomic E-state index is 0.0562. The first-order valence-electron chi connectivity index (χ1n) is 13.3. The predicted molar refractivity (Wildman–Crippen MR) is 142 cm³/mol. The molecular formula is C26H44NO10P. The van der Waals surface area contributed by atoms with Crippen LogP contribution in [0.15, 0.2) is 24.3 Å². The number of aryl methyl sites for hydroxylation is 1. The number of carbonyl (C=O) groups is 2. The third-order valence-corrected chi connectivity index (χ3v) is 6.63. The zero-order chi connectivity index (χ0) is 28.2. The Morgan fingerprint density at radius 3 is 2.21 bits per heavy atom. The monoisotopic (exact) mass is 561 g/mol. The van der Waals surface area contributed by atoms with E-state index in [4.69, 9.17) is 20.3 Å². The van der Waals surface area contributed by atoms with Gasteiger partial charge >= 0.3 is 19.8 Å². The average molecular weight is 562 g/mol. The highest BCUT2D eigenvalue weighted by Gasteiger charge is 2.26. The summed E-state index contributed by atoms with van der Waals surface area (Å²) in [7, 11) is -4.63. The van der Waals surface area contributed by atoms with Crippen molar-refractivity contribution in [2.45, 2.75) is 89.7 Å². The number of hydrogen-bond donors (Lipinski definition) is 4. The molecule has 0 heterocycles. The van der Waals surface area contributed by atoms with Crippen LogP contribution in [0.3, 0.4) is 0 Å². The maximum absolute atomic E-state index is 12.1. The second-order valence-electron chi connectivity index (χ2n) is 9.13. The Hall–Kier alpha value is -2.01. The van der Waals surface area contributed by atoms with Gasteiger partial charge < -0.3 is 30.3 Å². The van der Waals surface area contributed by atoms with Crippen molar-refractivity contribution in [3.63, 3.8) is 0 Å². The van der Waals surface area contributed by atoms with Gasteiger partial charge in [0.15, 0.2) is 0 Å². The second-order valence-corrected chi connectivity index (χ2v) is 10.6. The Kier molecular flexibility index (Phi) is 17.9. The number of rotatable bonds is 23. The van der Waals surface area contributed by atoms with Gasteiger partial charge in [0.1, 0.15) is 24.5 Å². The largest absolute Gasteiger partial charge is 0.493 e. The molecule has 1 aromatic carbocycles. The fourth-order valence-electron chi connectivity index (χ4n) is 3.46. The average Bonchev–Trinajstić information content (AvgIpc) is 2.89. The van der Waals surface area contributed by atoms with Gasteiger partial charge in [0, 0.05) is 6.42 Å². The minimum atomic E-state index is -4.63.